The number of oxime groups is 1. The van der Waals surface area contributed by atoms with Gasteiger partial charge in [0.1, 0.15) is 11.4 Å². The topological polar surface area (TPSA) is 166 Å². The normalized spacial score (nSPS) is 12.9. The van der Waals surface area contributed by atoms with Crippen molar-refractivity contribution in [3.8, 4) is 5.88 Å². The van der Waals surface area contributed by atoms with E-state index in [1.54, 1.807) is 0 Å². The Balaban J connectivity index is 2.34. The van der Waals surface area contributed by atoms with E-state index < -0.39 is 10.0 Å². The fourth-order valence-corrected chi connectivity index (χ4v) is 2.44. The van der Waals surface area contributed by atoms with Crippen LogP contribution >= 0.6 is 0 Å². The number of aromatic nitrogens is 2. The van der Waals surface area contributed by atoms with Crippen molar-refractivity contribution in [1.29, 1.82) is 0 Å². The van der Waals surface area contributed by atoms with E-state index in [9.17, 15) is 8.42 Å². The van der Waals surface area contributed by atoms with Crippen LogP contribution in [0.3, 0.4) is 0 Å². The molecule has 11 heteroatoms. The fraction of sp³-hybridized carbons (Fsp3) is 0.267. The molecule has 1 atom stereocenters. The first-order valence-electron chi connectivity index (χ1n) is 7.66. The van der Waals surface area contributed by atoms with Crippen LogP contribution in [0, 0.1) is 0 Å². The molecular formula is C15H20N6O4S. The number of hydrogen-bond acceptors (Lipinski definition) is 9. The Morgan fingerprint density at radius 3 is 2.54 bits per heavy atom. The number of rotatable bonds is 7. The Morgan fingerprint density at radius 2 is 2.00 bits per heavy atom. The van der Waals surface area contributed by atoms with Gasteiger partial charge in [0, 0.05) is 5.69 Å². The van der Waals surface area contributed by atoms with Gasteiger partial charge >= 0.3 is 0 Å². The molecule has 26 heavy (non-hydrogen) atoms. The molecule has 0 aliphatic heterocycles. The van der Waals surface area contributed by atoms with Gasteiger partial charge in [-0.15, -0.1) is 0 Å². The van der Waals surface area contributed by atoms with Crippen molar-refractivity contribution in [2.75, 3.05) is 11.1 Å². The van der Waals surface area contributed by atoms with Crippen molar-refractivity contribution in [3.05, 3.63) is 29.8 Å². The van der Waals surface area contributed by atoms with Gasteiger partial charge in [-0.05, 0) is 37.6 Å². The summed E-state index contributed by atoms with van der Waals surface area (Å²) >= 11 is 0. The summed E-state index contributed by atoms with van der Waals surface area (Å²) in [5, 5.41) is 19.7. The zero-order chi connectivity index (χ0) is 19.3. The van der Waals surface area contributed by atoms with Gasteiger partial charge in [-0.1, -0.05) is 12.1 Å². The highest BCUT2D eigenvalue weighted by molar-refractivity contribution is 7.89. The summed E-state index contributed by atoms with van der Waals surface area (Å²) in [6.07, 6.45) is 1.69. The zero-order valence-electron chi connectivity index (χ0n) is 14.2. The number of nitrogens with one attached hydrogen (secondary N) is 1. The zero-order valence-corrected chi connectivity index (χ0v) is 15.1. The number of nitrogen functional groups attached to an aromatic ring is 1. The third-order valence-corrected chi connectivity index (χ3v) is 4.38. The number of anilines is 3. The maximum absolute atomic E-state index is 11.3. The first-order valence-corrected chi connectivity index (χ1v) is 9.20. The molecule has 1 heterocycles. The van der Waals surface area contributed by atoms with Crippen molar-refractivity contribution in [3.63, 3.8) is 0 Å². The molecule has 6 N–H and O–H groups in total. The van der Waals surface area contributed by atoms with E-state index in [1.165, 1.54) is 24.3 Å². The number of ether oxygens (including phenoxy) is 1. The lowest BCUT2D eigenvalue weighted by Gasteiger charge is -2.15. The average molecular weight is 380 g/mol. The summed E-state index contributed by atoms with van der Waals surface area (Å²) in [5.74, 6) is 0.354. The highest BCUT2D eigenvalue weighted by Crippen LogP contribution is 2.25. The third-order valence-electron chi connectivity index (χ3n) is 3.45. The van der Waals surface area contributed by atoms with Gasteiger partial charge in [0.15, 0.2) is 0 Å². The minimum atomic E-state index is -3.77. The number of nitrogens with two attached hydrogens (primary N) is 2. The molecule has 10 nitrogen and oxygen atoms in total. The molecule has 1 aromatic carbocycles. The van der Waals surface area contributed by atoms with Crippen LogP contribution in [0.2, 0.25) is 0 Å². The summed E-state index contributed by atoms with van der Waals surface area (Å²) in [5.41, 5.74) is 6.67. The lowest BCUT2D eigenvalue weighted by atomic mass is 10.3. The maximum atomic E-state index is 11.3. The number of hydrogen-bond donors (Lipinski definition) is 4. The minimum absolute atomic E-state index is 0.0150. The van der Waals surface area contributed by atoms with Gasteiger partial charge in [-0.2, -0.15) is 9.97 Å². The average Bonchev–Trinajstić information content (AvgIpc) is 2.57. The Bertz CT molecular complexity index is 899. The van der Waals surface area contributed by atoms with E-state index in [0.717, 1.165) is 12.6 Å². The van der Waals surface area contributed by atoms with E-state index in [0.29, 0.717) is 5.69 Å². The third kappa shape index (κ3) is 4.80. The van der Waals surface area contributed by atoms with Crippen molar-refractivity contribution >= 4 is 33.7 Å². The highest BCUT2D eigenvalue weighted by Gasteiger charge is 2.15. The van der Waals surface area contributed by atoms with Crippen LogP contribution in [0.25, 0.3) is 0 Å². The van der Waals surface area contributed by atoms with Crippen LogP contribution in [0.15, 0.2) is 34.3 Å². The molecule has 0 bridgehead atoms. The van der Waals surface area contributed by atoms with Crippen molar-refractivity contribution in [1.82, 2.24) is 9.97 Å². The second kappa shape index (κ2) is 7.97. The molecule has 0 fully saturated rings. The molecular weight excluding hydrogens is 360 g/mol. The largest absolute Gasteiger partial charge is 0.474 e. The molecule has 1 unspecified atom stereocenters. The first kappa shape index (κ1) is 19.4. The van der Waals surface area contributed by atoms with E-state index >= 15 is 0 Å². The number of benzene rings is 1. The molecule has 140 valence electrons. The predicted octanol–water partition coefficient (Wildman–Crippen LogP) is 1.44. The molecule has 0 radical (unpaired) electrons. The van der Waals surface area contributed by atoms with Crippen LogP contribution in [0.4, 0.5) is 17.5 Å². The van der Waals surface area contributed by atoms with Gasteiger partial charge in [0.2, 0.25) is 21.9 Å². The molecule has 0 amide bonds. The Hall–Kier alpha value is -2.92. The molecule has 2 rings (SSSR count). The smallest absolute Gasteiger partial charge is 0.238 e. The number of sulfonamides is 1. The van der Waals surface area contributed by atoms with Crippen LogP contribution in [-0.2, 0) is 10.0 Å². The van der Waals surface area contributed by atoms with Gasteiger partial charge in [-0.3, -0.25) is 0 Å². The van der Waals surface area contributed by atoms with Crippen molar-refractivity contribution in [2.45, 2.75) is 31.3 Å². The lowest BCUT2D eigenvalue weighted by molar-refractivity contribution is 0.208. The molecule has 0 aliphatic carbocycles. The molecule has 0 spiro atoms. The minimum Gasteiger partial charge on any atom is -0.474 e. The number of primary sulfonamides is 1. The van der Waals surface area contributed by atoms with Gasteiger partial charge in [-0.25, -0.2) is 13.6 Å². The van der Waals surface area contributed by atoms with E-state index in [-0.39, 0.29) is 34.2 Å². The van der Waals surface area contributed by atoms with Crippen molar-refractivity contribution < 1.29 is 18.4 Å². The van der Waals surface area contributed by atoms with Crippen molar-refractivity contribution in [2.24, 2.45) is 10.3 Å². The fourth-order valence-electron chi connectivity index (χ4n) is 1.92. The Labute approximate surface area is 151 Å². The van der Waals surface area contributed by atoms with Crippen LogP contribution in [0.5, 0.6) is 5.88 Å². The summed E-state index contributed by atoms with van der Waals surface area (Å²) in [4.78, 5) is 8.30. The Kier molecular flexibility index (Phi) is 5.95. The molecule has 0 aliphatic rings. The molecule has 2 aromatic rings. The Morgan fingerprint density at radius 1 is 1.35 bits per heavy atom. The van der Waals surface area contributed by atoms with Crippen LogP contribution in [-0.4, -0.2) is 35.9 Å². The van der Waals surface area contributed by atoms with E-state index in [1.807, 2.05) is 13.8 Å². The molecule has 0 saturated heterocycles. The van der Waals surface area contributed by atoms with E-state index in [4.69, 9.17) is 20.8 Å². The maximum Gasteiger partial charge on any atom is 0.238 e. The predicted molar refractivity (Wildman–Crippen MR) is 97.3 cm³/mol. The summed E-state index contributed by atoms with van der Waals surface area (Å²) in [7, 11) is -3.77. The molecule has 1 aromatic heterocycles. The molecule has 0 saturated carbocycles. The number of nitrogens with zero attached hydrogens (tertiary/aromatic N) is 3. The second-order valence-electron chi connectivity index (χ2n) is 5.43. The lowest BCUT2D eigenvalue weighted by Crippen LogP contribution is -2.15. The summed E-state index contributed by atoms with van der Waals surface area (Å²) < 4.78 is 28.3. The highest BCUT2D eigenvalue weighted by atomic mass is 32.2. The summed E-state index contributed by atoms with van der Waals surface area (Å²) in [6, 6.07) is 5.73. The second-order valence-corrected chi connectivity index (χ2v) is 6.99. The van der Waals surface area contributed by atoms with Crippen LogP contribution in [0.1, 0.15) is 25.8 Å². The van der Waals surface area contributed by atoms with Crippen LogP contribution < -0.4 is 20.9 Å². The van der Waals surface area contributed by atoms with Gasteiger partial charge in [0.05, 0.1) is 17.2 Å². The van der Waals surface area contributed by atoms with Gasteiger partial charge < -0.3 is 21.0 Å². The quantitative estimate of drug-likeness (QED) is 0.318. The monoisotopic (exact) mass is 380 g/mol. The first-order chi connectivity index (χ1) is 12.2. The standard InChI is InChI=1S/C15H20N6O4S/c1-3-9(2)25-14-12(8-18-22)13(16)20-15(21-14)19-10-4-6-11(7-5-10)26(17,23)24/h4-9,22H,3H2,1-2H3,(H2,17,23,24)(H3,16,19,20,21)/b18-8+. The summed E-state index contributed by atoms with van der Waals surface area (Å²) in [6.45, 7) is 3.80. The van der Waals surface area contributed by atoms with E-state index in [2.05, 4.69) is 20.4 Å². The van der Waals surface area contributed by atoms with Gasteiger partial charge in [0.25, 0.3) is 0 Å². The SMILES string of the molecule is CCC(C)Oc1nc(Nc2ccc(S(N)(=O)=O)cc2)nc(N)c1/C=N/O.